The molecule has 0 saturated heterocycles. The van der Waals surface area contributed by atoms with Gasteiger partial charge in [-0.2, -0.15) is 13.2 Å². The van der Waals surface area contributed by atoms with E-state index in [9.17, 15) is 26.7 Å². The van der Waals surface area contributed by atoms with E-state index in [0.29, 0.717) is 10.5 Å². The molecule has 1 aromatic carbocycles. The van der Waals surface area contributed by atoms with Gasteiger partial charge in [-0.3, -0.25) is 5.32 Å². The number of likely N-dealkylation sites (N-methyl/N-ethyl adjacent to an activating group) is 1. The Morgan fingerprint density at radius 1 is 1.29 bits per heavy atom. The lowest BCUT2D eigenvalue weighted by Crippen LogP contribution is -2.43. The Balaban J connectivity index is 2.09. The van der Waals surface area contributed by atoms with Gasteiger partial charge in [0.15, 0.2) is 17.7 Å². The van der Waals surface area contributed by atoms with Gasteiger partial charge in [0.25, 0.3) is 0 Å². The van der Waals surface area contributed by atoms with Crippen molar-refractivity contribution in [2.45, 2.75) is 19.2 Å². The number of pyridine rings is 1. The summed E-state index contributed by atoms with van der Waals surface area (Å²) in [6.07, 6.45) is -6.24. The third-order valence-electron chi connectivity index (χ3n) is 3.58. The van der Waals surface area contributed by atoms with Crippen LogP contribution in [0, 0.1) is 18.6 Å². The van der Waals surface area contributed by atoms with E-state index in [4.69, 9.17) is 9.84 Å². The van der Waals surface area contributed by atoms with Crippen molar-refractivity contribution < 1.29 is 36.6 Å². The summed E-state index contributed by atoms with van der Waals surface area (Å²) in [4.78, 5) is 16.5. The van der Waals surface area contributed by atoms with Crippen molar-refractivity contribution in [1.82, 2.24) is 9.88 Å². The Morgan fingerprint density at radius 3 is 2.57 bits per heavy atom. The van der Waals surface area contributed by atoms with Crippen LogP contribution in [0.1, 0.15) is 5.56 Å². The number of halogens is 5. The molecule has 2 rings (SSSR count). The van der Waals surface area contributed by atoms with Crippen LogP contribution in [0.5, 0.6) is 11.5 Å². The molecule has 0 spiro atoms. The highest BCUT2D eigenvalue weighted by atomic mass is 19.4. The van der Waals surface area contributed by atoms with Gasteiger partial charge in [0.1, 0.15) is 17.3 Å². The first kappa shape index (κ1) is 21.4. The molecule has 0 radical (unpaired) electrons. The fraction of sp³-hybridized carbons (Fsp3) is 0.294. The molecule has 11 heteroatoms. The molecule has 0 aliphatic heterocycles. The van der Waals surface area contributed by atoms with Gasteiger partial charge in [-0.25, -0.2) is 18.6 Å². The number of hydrogen-bond acceptors (Lipinski definition) is 4. The zero-order valence-corrected chi connectivity index (χ0v) is 14.7. The lowest BCUT2D eigenvalue weighted by Gasteiger charge is -2.22. The summed E-state index contributed by atoms with van der Waals surface area (Å²) in [5.41, 5.74) is 0.503. The fourth-order valence-electron chi connectivity index (χ4n) is 2.00. The standard InChI is InChI=1S/C17H16F5N3O3/c1-9-7-23-15(24-16(27)25(2)8-14(26)17(20,21)22)6-13(9)28-10-3-4-11(18)12(19)5-10/h3-7,14,26H,8H2,1-2H3,(H,23,24,27)/t14-/m1/s1. The number of aryl methyl sites for hydroxylation is 1. The maximum Gasteiger partial charge on any atom is 0.416 e. The van der Waals surface area contributed by atoms with Gasteiger partial charge in [-0.05, 0) is 19.1 Å². The predicted molar refractivity (Wildman–Crippen MR) is 89.1 cm³/mol. The normalized spacial score (nSPS) is 12.4. The molecular formula is C17H16F5N3O3. The van der Waals surface area contributed by atoms with E-state index < -0.39 is 36.5 Å². The zero-order chi connectivity index (χ0) is 21.1. The maximum atomic E-state index is 13.3. The SMILES string of the molecule is Cc1cnc(NC(=O)N(C)C[C@@H](O)C(F)(F)F)cc1Oc1ccc(F)c(F)c1. The van der Waals surface area contributed by atoms with Crippen LogP contribution in [0.3, 0.4) is 0 Å². The van der Waals surface area contributed by atoms with Crippen molar-refractivity contribution in [1.29, 1.82) is 0 Å². The molecule has 0 saturated carbocycles. The summed E-state index contributed by atoms with van der Waals surface area (Å²) in [5, 5.41) is 11.3. The molecular weight excluding hydrogens is 389 g/mol. The van der Waals surface area contributed by atoms with Gasteiger partial charge in [0.05, 0.1) is 6.54 Å². The van der Waals surface area contributed by atoms with Crippen molar-refractivity contribution in [3.05, 3.63) is 47.7 Å². The molecule has 0 aliphatic rings. The highest BCUT2D eigenvalue weighted by Crippen LogP contribution is 2.28. The topological polar surface area (TPSA) is 74.7 Å². The second-order valence-corrected chi connectivity index (χ2v) is 5.88. The number of ether oxygens (including phenoxy) is 1. The summed E-state index contributed by atoms with van der Waals surface area (Å²) in [7, 11) is 1.07. The van der Waals surface area contributed by atoms with E-state index in [-0.39, 0.29) is 17.3 Å². The number of carbonyl (C=O) groups is 1. The summed E-state index contributed by atoms with van der Waals surface area (Å²) in [6.45, 7) is 0.638. The lowest BCUT2D eigenvalue weighted by molar-refractivity contribution is -0.205. The molecule has 6 nitrogen and oxygen atoms in total. The van der Waals surface area contributed by atoms with Crippen molar-refractivity contribution in [3.8, 4) is 11.5 Å². The molecule has 0 aliphatic carbocycles. The summed E-state index contributed by atoms with van der Waals surface area (Å²) in [6, 6.07) is 3.23. The Kier molecular flexibility index (Phi) is 6.39. The van der Waals surface area contributed by atoms with Crippen molar-refractivity contribution >= 4 is 11.8 Å². The number of urea groups is 1. The molecule has 2 aromatic rings. The molecule has 28 heavy (non-hydrogen) atoms. The molecule has 1 aromatic heterocycles. The Morgan fingerprint density at radius 2 is 1.96 bits per heavy atom. The van der Waals surface area contributed by atoms with Crippen LogP contribution in [-0.4, -0.2) is 46.9 Å². The number of nitrogens with zero attached hydrogens (tertiary/aromatic N) is 2. The number of alkyl halides is 3. The number of aliphatic hydroxyl groups excluding tert-OH is 1. The number of nitrogens with one attached hydrogen (secondary N) is 1. The van der Waals surface area contributed by atoms with Crippen LogP contribution in [0.2, 0.25) is 0 Å². The van der Waals surface area contributed by atoms with E-state index in [1.165, 1.54) is 18.3 Å². The van der Waals surface area contributed by atoms with Crippen LogP contribution >= 0.6 is 0 Å². The molecule has 1 atom stereocenters. The van der Waals surface area contributed by atoms with E-state index in [2.05, 4.69) is 10.3 Å². The van der Waals surface area contributed by atoms with Gasteiger partial charge in [-0.1, -0.05) is 0 Å². The second kappa shape index (κ2) is 8.38. The Hall–Kier alpha value is -2.95. The number of aromatic nitrogens is 1. The molecule has 0 fully saturated rings. The average Bonchev–Trinajstić information content (AvgIpc) is 2.60. The minimum atomic E-state index is -4.86. The van der Waals surface area contributed by atoms with E-state index in [0.717, 1.165) is 19.2 Å². The van der Waals surface area contributed by atoms with E-state index >= 15 is 0 Å². The number of rotatable bonds is 5. The maximum absolute atomic E-state index is 13.3. The monoisotopic (exact) mass is 405 g/mol. The lowest BCUT2D eigenvalue weighted by atomic mass is 10.2. The van der Waals surface area contributed by atoms with Crippen molar-refractivity contribution in [2.75, 3.05) is 18.9 Å². The van der Waals surface area contributed by atoms with Crippen LogP contribution in [0.25, 0.3) is 0 Å². The first-order valence-electron chi connectivity index (χ1n) is 7.84. The van der Waals surface area contributed by atoms with Crippen LogP contribution in [-0.2, 0) is 0 Å². The van der Waals surface area contributed by atoms with Gasteiger partial charge >= 0.3 is 12.2 Å². The molecule has 2 amide bonds. The third-order valence-corrected chi connectivity index (χ3v) is 3.58. The quantitative estimate of drug-likeness (QED) is 0.742. The third kappa shape index (κ3) is 5.52. The van der Waals surface area contributed by atoms with Gasteiger partial charge in [0, 0.05) is 30.9 Å². The van der Waals surface area contributed by atoms with Crippen molar-refractivity contribution in [3.63, 3.8) is 0 Å². The van der Waals surface area contributed by atoms with E-state index in [1.54, 1.807) is 6.92 Å². The van der Waals surface area contributed by atoms with Gasteiger partial charge in [0.2, 0.25) is 0 Å². The smallest absolute Gasteiger partial charge is 0.416 e. The number of aliphatic hydroxyl groups is 1. The number of carbonyl (C=O) groups excluding carboxylic acids is 1. The largest absolute Gasteiger partial charge is 0.457 e. The molecule has 0 bridgehead atoms. The highest BCUT2D eigenvalue weighted by molar-refractivity contribution is 5.88. The van der Waals surface area contributed by atoms with Crippen LogP contribution < -0.4 is 10.1 Å². The first-order valence-corrected chi connectivity index (χ1v) is 7.84. The zero-order valence-electron chi connectivity index (χ0n) is 14.7. The number of benzene rings is 1. The second-order valence-electron chi connectivity index (χ2n) is 5.88. The van der Waals surface area contributed by atoms with Crippen LogP contribution in [0.15, 0.2) is 30.5 Å². The average molecular weight is 405 g/mol. The number of hydrogen-bond donors (Lipinski definition) is 2. The van der Waals surface area contributed by atoms with Crippen LogP contribution in [0.4, 0.5) is 32.6 Å². The summed E-state index contributed by atoms with van der Waals surface area (Å²) in [5.74, 6) is -2.05. The van der Waals surface area contributed by atoms with Gasteiger partial charge < -0.3 is 14.7 Å². The van der Waals surface area contributed by atoms with E-state index in [1.807, 2.05) is 0 Å². The minimum absolute atomic E-state index is 0.00380. The minimum Gasteiger partial charge on any atom is -0.457 e. The predicted octanol–water partition coefficient (Wildman–Crippen LogP) is 3.85. The summed E-state index contributed by atoms with van der Waals surface area (Å²) < 4.78 is 68.8. The molecule has 0 unspecified atom stereocenters. The highest BCUT2D eigenvalue weighted by Gasteiger charge is 2.39. The van der Waals surface area contributed by atoms with Crippen molar-refractivity contribution in [2.24, 2.45) is 0 Å². The van der Waals surface area contributed by atoms with Gasteiger partial charge in [-0.15, -0.1) is 0 Å². The molecule has 152 valence electrons. The Bertz CT molecular complexity index is 860. The molecule has 1 heterocycles. The molecule has 2 N–H and O–H groups in total. The first-order chi connectivity index (χ1) is 13.0. The fourth-order valence-corrected chi connectivity index (χ4v) is 2.00. The Labute approximate surface area is 156 Å². The number of anilines is 1. The summed E-state index contributed by atoms with van der Waals surface area (Å²) >= 11 is 0. The number of amides is 2.